The Morgan fingerprint density at radius 3 is 2.45 bits per heavy atom. The van der Waals surface area contributed by atoms with Gasteiger partial charge in [0.15, 0.2) is 5.96 Å². The second-order valence-corrected chi connectivity index (χ2v) is 7.95. The summed E-state index contributed by atoms with van der Waals surface area (Å²) in [5.74, 6) is 0.637. The lowest BCUT2D eigenvalue weighted by Crippen LogP contribution is -2.63. The lowest BCUT2D eigenvalue weighted by Gasteiger charge is -2.40. The Morgan fingerprint density at radius 1 is 1.23 bits per heavy atom. The van der Waals surface area contributed by atoms with Gasteiger partial charge in [0.25, 0.3) is 0 Å². The van der Waals surface area contributed by atoms with Crippen molar-refractivity contribution in [3.8, 4) is 5.75 Å². The SMILES string of the molecule is CCNC(=NCc1ccc(OC)c(C(=O)OC)c1)NC1CN(C(=O)OC(C)(C)C)C1.I. The molecule has 1 fully saturated rings. The van der Waals surface area contributed by atoms with Crippen LogP contribution in [0.3, 0.4) is 0 Å². The zero-order chi connectivity index (χ0) is 22.3. The molecule has 1 aromatic rings. The molecule has 1 heterocycles. The molecule has 1 aliphatic rings. The maximum atomic E-state index is 12.1. The number of carbonyl (C=O) groups excluding carboxylic acids is 2. The molecule has 10 heteroatoms. The molecule has 0 bridgehead atoms. The number of esters is 1. The Hall–Kier alpha value is -2.24. The van der Waals surface area contributed by atoms with Gasteiger partial charge in [-0.05, 0) is 45.4 Å². The monoisotopic (exact) mass is 548 g/mol. The van der Waals surface area contributed by atoms with Crippen molar-refractivity contribution >= 4 is 42.0 Å². The number of hydrogen-bond acceptors (Lipinski definition) is 6. The molecule has 1 saturated heterocycles. The van der Waals surface area contributed by atoms with E-state index in [2.05, 4.69) is 15.6 Å². The van der Waals surface area contributed by atoms with Crippen molar-refractivity contribution in [3.63, 3.8) is 0 Å². The minimum absolute atomic E-state index is 0. The van der Waals surface area contributed by atoms with Crippen LogP contribution in [0.1, 0.15) is 43.6 Å². The van der Waals surface area contributed by atoms with Gasteiger partial charge in [-0.25, -0.2) is 14.6 Å². The van der Waals surface area contributed by atoms with Crippen LogP contribution >= 0.6 is 24.0 Å². The first-order chi connectivity index (χ1) is 14.2. The van der Waals surface area contributed by atoms with Gasteiger partial charge in [-0.15, -0.1) is 24.0 Å². The van der Waals surface area contributed by atoms with E-state index in [0.717, 1.165) is 5.56 Å². The number of ether oxygens (including phenoxy) is 3. The number of nitrogens with one attached hydrogen (secondary N) is 2. The fourth-order valence-corrected chi connectivity index (χ4v) is 2.85. The Labute approximate surface area is 200 Å². The summed E-state index contributed by atoms with van der Waals surface area (Å²) in [6.07, 6.45) is -0.309. The zero-order valence-electron chi connectivity index (χ0n) is 19.0. The number of amides is 1. The second kappa shape index (κ2) is 12.0. The summed E-state index contributed by atoms with van der Waals surface area (Å²) in [7, 11) is 2.84. The van der Waals surface area contributed by atoms with Crippen molar-refractivity contribution in [1.82, 2.24) is 15.5 Å². The van der Waals surface area contributed by atoms with Gasteiger partial charge in [0.05, 0.1) is 26.8 Å². The summed E-state index contributed by atoms with van der Waals surface area (Å²) in [6, 6.07) is 5.39. The number of benzene rings is 1. The van der Waals surface area contributed by atoms with Gasteiger partial charge in [-0.1, -0.05) is 6.07 Å². The third kappa shape index (κ3) is 8.08. The van der Waals surface area contributed by atoms with E-state index in [1.54, 1.807) is 17.0 Å². The third-order valence-electron chi connectivity index (χ3n) is 4.31. The molecule has 0 aromatic heterocycles. The van der Waals surface area contributed by atoms with Crippen molar-refractivity contribution in [2.75, 3.05) is 33.9 Å². The summed E-state index contributed by atoms with van der Waals surface area (Å²) >= 11 is 0. The normalized spacial score (nSPS) is 14.1. The highest BCUT2D eigenvalue weighted by molar-refractivity contribution is 14.0. The summed E-state index contributed by atoms with van der Waals surface area (Å²) in [5, 5.41) is 6.51. The van der Waals surface area contributed by atoms with Gasteiger partial charge in [-0.2, -0.15) is 0 Å². The quantitative estimate of drug-likeness (QED) is 0.244. The second-order valence-electron chi connectivity index (χ2n) is 7.95. The number of guanidine groups is 1. The Bertz CT molecular complexity index is 788. The number of halogens is 1. The lowest BCUT2D eigenvalue weighted by molar-refractivity contribution is 0.00699. The molecule has 0 aliphatic carbocycles. The van der Waals surface area contributed by atoms with Gasteiger partial charge >= 0.3 is 12.1 Å². The van der Waals surface area contributed by atoms with Crippen LogP contribution in [0.2, 0.25) is 0 Å². The van der Waals surface area contributed by atoms with Gasteiger partial charge in [0.2, 0.25) is 0 Å². The highest BCUT2D eigenvalue weighted by Gasteiger charge is 2.34. The van der Waals surface area contributed by atoms with Crippen molar-refractivity contribution < 1.29 is 23.8 Å². The number of likely N-dealkylation sites (tertiary alicyclic amines) is 1. The van der Waals surface area contributed by atoms with E-state index < -0.39 is 11.6 Å². The summed E-state index contributed by atoms with van der Waals surface area (Å²) in [6.45, 7) is 9.69. The average Bonchev–Trinajstić information content (AvgIpc) is 2.65. The molecule has 9 nitrogen and oxygen atoms in total. The molecule has 31 heavy (non-hydrogen) atoms. The van der Waals surface area contributed by atoms with E-state index in [9.17, 15) is 9.59 Å². The minimum atomic E-state index is -0.507. The maximum absolute atomic E-state index is 12.1. The fraction of sp³-hybridized carbons (Fsp3) is 0.571. The van der Waals surface area contributed by atoms with Crippen molar-refractivity contribution in [1.29, 1.82) is 0 Å². The number of methoxy groups -OCH3 is 2. The smallest absolute Gasteiger partial charge is 0.410 e. The molecule has 1 aromatic carbocycles. The zero-order valence-corrected chi connectivity index (χ0v) is 21.3. The Balaban J connectivity index is 0.00000480. The summed E-state index contributed by atoms with van der Waals surface area (Å²) < 4.78 is 15.4. The summed E-state index contributed by atoms with van der Waals surface area (Å²) in [4.78, 5) is 30.2. The molecule has 0 atom stereocenters. The number of hydrogen-bond donors (Lipinski definition) is 2. The predicted molar refractivity (Wildman–Crippen MR) is 129 cm³/mol. The first-order valence-corrected chi connectivity index (χ1v) is 9.94. The standard InChI is InChI=1S/C21H32N4O5.HI/c1-7-22-19(24-15-12-25(13-15)20(27)30-21(2,3)4)23-11-14-8-9-17(28-5)16(10-14)18(26)29-6;/h8-10,15H,7,11-13H2,1-6H3,(H2,22,23,24);1H. The van der Waals surface area contributed by atoms with Gasteiger partial charge in [0, 0.05) is 19.6 Å². The fourth-order valence-electron chi connectivity index (χ4n) is 2.85. The molecule has 0 unspecified atom stereocenters. The van der Waals surface area contributed by atoms with E-state index in [1.807, 2.05) is 33.8 Å². The first-order valence-electron chi connectivity index (χ1n) is 9.94. The van der Waals surface area contributed by atoms with Crippen LogP contribution in [0.5, 0.6) is 5.75 Å². The van der Waals surface area contributed by atoms with E-state index in [0.29, 0.717) is 43.5 Å². The van der Waals surface area contributed by atoms with Crippen molar-refractivity contribution in [3.05, 3.63) is 29.3 Å². The van der Waals surface area contributed by atoms with Crippen molar-refractivity contribution in [2.24, 2.45) is 4.99 Å². The summed E-state index contributed by atoms with van der Waals surface area (Å²) in [5.41, 5.74) is 0.697. The molecule has 0 saturated carbocycles. The number of aliphatic imine (C=N–C) groups is 1. The topological polar surface area (TPSA) is 101 Å². The molecule has 174 valence electrons. The predicted octanol–water partition coefficient (Wildman–Crippen LogP) is 2.77. The molecule has 2 rings (SSSR count). The van der Waals surface area contributed by atoms with Crippen molar-refractivity contribution in [2.45, 2.75) is 45.9 Å². The number of carbonyl (C=O) groups is 2. The largest absolute Gasteiger partial charge is 0.496 e. The van der Waals surface area contributed by atoms with Crippen LogP contribution in [-0.4, -0.2) is 68.4 Å². The molecular weight excluding hydrogens is 515 g/mol. The average molecular weight is 548 g/mol. The van der Waals surface area contributed by atoms with E-state index in [4.69, 9.17) is 14.2 Å². The molecule has 0 radical (unpaired) electrons. The minimum Gasteiger partial charge on any atom is -0.496 e. The van der Waals surface area contributed by atoms with E-state index in [-0.39, 0.29) is 36.1 Å². The lowest BCUT2D eigenvalue weighted by atomic mass is 10.1. The van der Waals surface area contributed by atoms with Crippen LogP contribution in [0.15, 0.2) is 23.2 Å². The highest BCUT2D eigenvalue weighted by atomic mass is 127. The number of nitrogens with zero attached hydrogens (tertiary/aromatic N) is 2. The Morgan fingerprint density at radius 2 is 1.90 bits per heavy atom. The molecule has 1 amide bonds. The van der Waals surface area contributed by atoms with E-state index in [1.165, 1.54) is 14.2 Å². The van der Waals surface area contributed by atoms with E-state index >= 15 is 0 Å². The van der Waals surface area contributed by atoms with Crippen LogP contribution in [0.25, 0.3) is 0 Å². The maximum Gasteiger partial charge on any atom is 0.410 e. The van der Waals surface area contributed by atoms with Crippen LogP contribution in [0.4, 0.5) is 4.79 Å². The van der Waals surface area contributed by atoms with Crippen LogP contribution in [-0.2, 0) is 16.0 Å². The van der Waals surface area contributed by atoms with Crippen LogP contribution in [0, 0.1) is 0 Å². The third-order valence-corrected chi connectivity index (χ3v) is 4.31. The molecular formula is C21H33IN4O5. The number of rotatable bonds is 6. The van der Waals surface area contributed by atoms with Gasteiger partial charge < -0.3 is 29.7 Å². The Kier molecular flexibility index (Phi) is 10.3. The molecule has 0 spiro atoms. The molecule has 1 aliphatic heterocycles. The van der Waals surface area contributed by atoms with Crippen LogP contribution < -0.4 is 15.4 Å². The van der Waals surface area contributed by atoms with Gasteiger partial charge in [-0.3, -0.25) is 0 Å². The molecule has 2 N–H and O–H groups in total. The highest BCUT2D eigenvalue weighted by Crippen LogP contribution is 2.21. The first kappa shape index (κ1) is 26.8. The van der Waals surface area contributed by atoms with Gasteiger partial charge in [0.1, 0.15) is 16.9 Å².